The van der Waals surface area contributed by atoms with Gasteiger partial charge in [-0.1, -0.05) is 48.6 Å². The van der Waals surface area contributed by atoms with Crippen molar-refractivity contribution in [1.29, 1.82) is 0 Å². The summed E-state index contributed by atoms with van der Waals surface area (Å²) in [6.45, 7) is 4.25. The summed E-state index contributed by atoms with van der Waals surface area (Å²) in [6.07, 6.45) is 5.52. The quantitative estimate of drug-likeness (QED) is 0.841. The highest BCUT2D eigenvalue weighted by molar-refractivity contribution is 5.91. The topological polar surface area (TPSA) is 66.8 Å². The van der Waals surface area contributed by atoms with E-state index in [0.717, 1.165) is 5.56 Å². The van der Waals surface area contributed by atoms with E-state index in [1.54, 1.807) is 17.1 Å². The molecule has 0 aliphatic carbocycles. The van der Waals surface area contributed by atoms with Gasteiger partial charge in [-0.05, 0) is 12.0 Å². The molecule has 5 atom stereocenters. The molecule has 3 aliphatic heterocycles. The zero-order valence-electron chi connectivity index (χ0n) is 13.2. The first kappa shape index (κ1) is 15.1. The first-order valence-electron chi connectivity index (χ1n) is 8.14. The van der Waals surface area contributed by atoms with Crippen LogP contribution in [0.4, 0.5) is 0 Å². The van der Waals surface area contributed by atoms with Crippen LogP contribution in [0.25, 0.3) is 0 Å². The van der Waals surface area contributed by atoms with Gasteiger partial charge in [-0.25, -0.2) is 0 Å². The van der Waals surface area contributed by atoms with Crippen molar-refractivity contribution in [2.45, 2.75) is 30.7 Å². The van der Waals surface area contributed by atoms with Gasteiger partial charge in [-0.15, -0.1) is 6.58 Å². The Kier molecular flexibility index (Phi) is 3.35. The van der Waals surface area contributed by atoms with E-state index in [9.17, 15) is 14.7 Å². The molecule has 5 heteroatoms. The normalized spacial score (nSPS) is 36.2. The van der Waals surface area contributed by atoms with E-state index in [1.165, 1.54) is 0 Å². The van der Waals surface area contributed by atoms with Gasteiger partial charge in [0.05, 0.1) is 18.1 Å². The molecule has 0 saturated carbocycles. The fourth-order valence-electron chi connectivity index (χ4n) is 4.44. The minimum Gasteiger partial charge on any atom is -0.481 e. The number of nitrogens with zero attached hydrogens (tertiary/aromatic N) is 1. The lowest BCUT2D eigenvalue weighted by Crippen LogP contribution is -2.44. The number of aliphatic carboxylic acids is 1. The molecule has 2 bridgehead atoms. The molecule has 124 valence electrons. The standard InChI is InChI=1S/C19H19NO4/c1-2-6-14-19-10-9-13(24-19)15(18(22)23)16(19)17(21)20(14)11-12-7-4-3-5-8-12/h2-5,7-10,13-16H,1,6,11H2,(H,22,23)/t13-,14+,15+,16-,19+/m0/s1. The molecule has 2 saturated heterocycles. The predicted molar refractivity (Wildman–Crippen MR) is 87.0 cm³/mol. The lowest BCUT2D eigenvalue weighted by atomic mass is 9.74. The molecule has 24 heavy (non-hydrogen) atoms. The van der Waals surface area contributed by atoms with E-state index < -0.39 is 29.5 Å². The summed E-state index contributed by atoms with van der Waals surface area (Å²) < 4.78 is 6.06. The Hall–Kier alpha value is -2.40. The fourth-order valence-corrected chi connectivity index (χ4v) is 4.44. The summed E-state index contributed by atoms with van der Waals surface area (Å²) in [6, 6.07) is 9.50. The maximum Gasteiger partial charge on any atom is 0.310 e. The van der Waals surface area contributed by atoms with E-state index in [2.05, 4.69) is 6.58 Å². The number of ether oxygens (including phenoxy) is 1. The summed E-state index contributed by atoms with van der Waals surface area (Å²) >= 11 is 0. The number of rotatable bonds is 5. The van der Waals surface area contributed by atoms with Gasteiger partial charge in [0.15, 0.2) is 0 Å². The van der Waals surface area contributed by atoms with Crippen molar-refractivity contribution in [2.75, 3.05) is 0 Å². The molecule has 2 fully saturated rings. The maximum absolute atomic E-state index is 13.1. The Labute approximate surface area is 140 Å². The summed E-state index contributed by atoms with van der Waals surface area (Å²) in [4.78, 5) is 26.6. The molecule has 3 heterocycles. The molecule has 0 aromatic heterocycles. The summed E-state index contributed by atoms with van der Waals surface area (Å²) in [5, 5.41) is 9.58. The van der Waals surface area contributed by atoms with E-state index in [1.807, 2.05) is 36.4 Å². The van der Waals surface area contributed by atoms with Crippen LogP contribution in [0.15, 0.2) is 55.1 Å². The number of carboxylic acid groups (broad SMARTS) is 1. The monoisotopic (exact) mass is 325 g/mol. The second kappa shape index (κ2) is 5.31. The molecule has 0 radical (unpaired) electrons. The van der Waals surface area contributed by atoms with Crippen LogP contribution in [0.5, 0.6) is 0 Å². The third kappa shape index (κ3) is 1.91. The number of hydrogen-bond donors (Lipinski definition) is 1. The lowest BCUT2D eigenvalue weighted by Gasteiger charge is -2.32. The van der Waals surface area contributed by atoms with Crippen molar-refractivity contribution in [2.24, 2.45) is 11.8 Å². The van der Waals surface area contributed by atoms with Crippen LogP contribution in [-0.2, 0) is 20.9 Å². The SMILES string of the molecule is C=CC[C@H]1N(Cc2ccccc2)C(=O)[C@@H]2[C@H](C(=O)O)[C@@H]3C=C[C@]21O3. The van der Waals surface area contributed by atoms with E-state index in [-0.39, 0.29) is 11.9 Å². The van der Waals surface area contributed by atoms with Crippen molar-refractivity contribution < 1.29 is 19.4 Å². The molecular weight excluding hydrogens is 306 g/mol. The van der Waals surface area contributed by atoms with Crippen molar-refractivity contribution in [3.8, 4) is 0 Å². The van der Waals surface area contributed by atoms with E-state index in [0.29, 0.717) is 13.0 Å². The number of carbonyl (C=O) groups is 2. The predicted octanol–water partition coefficient (Wildman–Crippen LogP) is 2.00. The second-order valence-corrected chi connectivity index (χ2v) is 6.63. The molecule has 4 rings (SSSR count). The highest BCUT2D eigenvalue weighted by Crippen LogP contribution is 2.55. The zero-order chi connectivity index (χ0) is 16.9. The molecule has 1 spiro atoms. The van der Waals surface area contributed by atoms with Crippen LogP contribution in [0, 0.1) is 11.8 Å². The minimum atomic E-state index is -0.969. The maximum atomic E-state index is 13.1. The smallest absolute Gasteiger partial charge is 0.310 e. The minimum absolute atomic E-state index is 0.134. The van der Waals surface area contributed by atoms with E-state index >= 15 is 0 Å². The molecule has 5 nitrogen and oxygen atoms in total. The second-order valence-electron chi connectivity index (χ2n) is 6.63. The van der Waals surface area contributed by atoms with Gasteiger partial charge in [0.1, 0.15) is 11.5 Å². The average Bonchev–Trinajstić information content (AvgIpc) is 3.20. The van der Waals surface area contributed by atoms with E-state index in [4.69, 9.17) is 4.74 Å². The summed E-state index contributed by atoms with van der Waals surface area (Å²) in [5.74, 6) is -2.57. The molecule has 0 unspecified atom stereocenters. The van der Waals surface area contributed by atoms with Gasteiger partial charge in [-0.3, -0.25) is 9.59 Å². The number of hydrogen-bond acceptors (Lipinski definition) is 3. The first-order valence-corrected chi connectivity index (χ1v) is 8.14. The molecule has 1 aromatic carbocycles. The van der Waals surface area contributed by atoms with Crippen molar-refractivity contribution >= 4 is 11.9 Å². The third-order valence-corrected chi connectivity index (χ3v) is 5.40. The van der Waals surface area contributed by atoms with Crippen LogP contribution >= 0.6 is 0 Å². The Morgan fingerprint density at radius 2 is 2.12 bits per heavy atom. The number of benzene rings is 1. The highest BCUT2D eigenvalue weighted by atomic mass is 16.5. The zero-order valence-corrected chi connectivity index (χ0v) is 13.2. The van der Waals surface area contributed by atoms with Gasteiger partial charge in [-0.2, -0.15) is 0 Å². The Morgan fingerprint density at radius 1 is 1.38 bits per heavy atom. The van der Waals surface area contributed by atoms with Gasteiger partial charge in [0.25, 0.3) is 0 Å². The van der Waals surface area contributed by atoms with Crippen LogP contribution < -0.4 is 0 Å². The number of carboxylic acids is 1. The van der Waals surface area contributed by atoms with Gasteiger partial charge < -0.3 is 14.7 Å². The molecular formula is C19H19NO4. The fraction of sp³-hybridized carbons (Fsp3) is 0.368. The molecule has 1 amide bonds. The Morgan fingerprint density at radius 3 is 2.79 bits per heavy atom. The number of carbonyl (C=O) groups excluding carboxylic acids is 1. The van der Waals surface area contributed by atoms with Crippen LogP contribution in [0.3, 0.4) is 0 Å². The van der Waals surface area contributed by atoms with Crippen molar-refractivity contribution in [3.63, 3.8) is 0 Å². The largest absolute Gasteiger partial charge is 0.481 e. The summed E-state index contributed by atoms with van der Waals surface area (Å²) in [7, 11) is 0. The Balaban J connectivity index is 1.73. The number of likely N-dealkylation sites (tertiary alicyclic amines) is 1. The number of fused-ring (bicyclic) bond motifs is 1. The third-order valence-electron chi connectivity index (χ3n) is 5.40. The molecule has 1 N–H and O–H groups in total. The van der Waals surface area contributed by atoms with Crippen LogP contribution in [0.1, 0.15) is 12.0 Å². The number of amides is 1. The van der Waals surface area contributed by atoms with Crippen LogP contribution in [0.2, 0.25) is 0 Å². The van der Waals surface area contributed by atoms with Gasteiger partial charge in [0.2, 0.25) is 5.91 Å². The summed E-state index contributed by atoms with van der Waals surface area (Å²) in [5.41, 5.74) is 0.176. The van der Waals surface area contributed by atoms with Crippen molar-refractivity contribution in [3.05, 3.63) is 60.7 Å². The van der Waals surface area contributed by atoms with Crippen molar-refractivity contribution in [1.82, 2.24) is 4.90 Å². The highest BCUT2D eigenvalue weighted by Gasteiger charge is 2.70. The average molecular weight is 325 g/mol. The first-order chi connectivity index (χ1) is 11.6. The lowest BCUT2D eigenvalue weighted by molar-refractivity contribution is -0.148. The molecule has 1 aromatic rings. The van der Waals surface area contributed by atoms with Gasteiger partial charge >= 0.3 is 5.97 Å². The van der Waals surface area contributed by atoms with Gasteiger partial charge in [0, 0.05) is 6.54 Å². The Bertz CT molecular complexity index is 728. The van der Waals surface area contributed by atoms with Crippen LogP contribution in [-0.4, -0.2) is 39.6 Å². The molecule has 3 aliphatic rings.